The van der Waals surface area contributed by atoms with Crippen LogP contribution in [-0.4, -0.2) is 53.7 Å². The summed E-state index contributed by atoms with van der Waals surface area (Å²) in [4.78, 5) is 5.05. The van der Waals surface area contributed by atoms with Gasteiger partial charge >= 0.3 is 0 Å². The van der Waals surface area contributed by atoms with E-state index in [1.54, 1.807) is 0 Å². The summed E-state index contributed by atoms with van der Waals surface area (Å²) in [5.74, 6) is 0. The van der Waals surface area contributed by atoms with Crippen molar-refractivity contribution in [2.45, 2.75) is 31.4 Å². The van der Waals surface area contributed by atoms with Crippen molar-refractivity contribution in [1.82, 2.24) is 9.80 Å². The number of fused-ring (bicyclic) bond motifs is 1. The SMILES string of the molecule is O[C@H](CN1CCCN2CCC[C@@H]2C1)c1ccc(Cl)cc1. The number of aliphatic hydroxyl groups is 1. The van der Waals surface area contributed by atoms with Crippen molar-refractivity contribution in [3.63, 3.8) is 0 Å². The van der Waals surface area contributed by atoms with Crippen molar-refractivity contribution >= 4 is 11.6 Å². The van der Waals surface area contributed by atoms with Crippen LogP contribution >= 0.6 is 11.6 Å². The number of hydrogen-bond donors (Lipinski definition) is 1. The Balaban J connectivity index is 1.60. The normalized spacial score (nSPS) is 26.2. The summed E-state index contributed by atoms with van der Waals surface area (Å²) in [5.41, 5.74) is 0.960. The summed E-state index contributed by atoms with van der Waals surface area (Å²) >= 11 is 5.89. The first kappa shape index (κ1) is 14.3. The van der Waals surface area contributed by atoms with Gasteiger partial charge in [-0.05, 0) is 56.6 Å². The van der Waals surface area contributed by atoms with E-state index in [0.717, 1.165) is 30.2 Å². The lowest BCUT2D eigenvalue weighted by Gasteiger charge is -2.27. The molecule has 2 saturated heterocycles. The van der Waals surface area contributed by atoms with Crippen LogP contribution in [0, 0.1) is 0 Å². The zero-order valence-corrected chi connectivity index (χ0v) is 12.6. The molecule has 0 radical (unpaired) electrons. The van der Waals surface area contributed by atoms with Crippen LogP contribution in [0.5, 0.6) is 0 Å². The Morgan fingerprint density at radius 2 is 1.90 bits per heavy atom. The lowest BCUT2D eigenvalue weighted by molar-refractivity contribution is 0.108. The maximum absolute atomic E-state index is 10.4. The predicted octanol–water partition coefficient (Wildman–Crippen LogP) is 2.54. The highest BCUT2D eigenvalue weighted by Crippen LogP contribution is 2.23. The molecule has 2 aliphatic heterocycles. The topological polar surface area (TPSA) is 26.7 Å². The minimum Gasteiger partial charge on any atom is -0.387 e. The average molecular weight is 295 g/mol. The van der Waals surface area contributed by atoms with Crippen LogP contribution in [0.3, 0.4) is 0 Å². The van der Waals surface area contributed by atoms with Gasteiger partial charge in [0.1, 0.15) is 0 Å². The number of nitrogens with zero attached hydrogens (tertiary/aromatic N) is 2. The van der Waals surface area contributed by atoms with E-state index in [4.69, 9.17) is 11.6 Å². The molecule has 2 fully saturated rings. The Labute approximate surface area is 126 Å². The second-order valence-corrected chi connectivity index (χ2v) is 6.45. The van der Waals surface area contributed by atoms with E-state index >= 15 is 0 Å². The molecule has 2 atom stereocenters. The summed E-state index contributed by atoms with van der Waals surface area (Å²) in [6.07, 6.45) is 3.44. The van der Waals surface area contributed by atoms with Gasteiger partial charge in [0, 0.05) is 24.2 Å². The first-order chi connectivity index (χ1) is 9.72. The third-order valence-electron chi connectivity index (χ3n) is 4.57. The minimum atomic E-state index is -0.416. The Bertz CT molecular complexity index is 437. The molecule has 1 N–H and O–H groups in total. The van der Waals surface area contributed by atoms with Crippen LogP contribution in [0.2, 0.25) is 5.02 Å². The molecule has 0 bridgehead atoms. The Morgan fingerprint density at radius 3 is 2.70 bits per heavy atom. The van der Waals surface area contributed by atoms with Gasteiger partial charge in [-0.25, -0.2) is 0 Å². The van der Waals surface area contributed by atoms with Crippen molar-refractivity contribution in [2.75, 3.05) is 32.7 Å². The lowest BCUT2D eigenvalue weighted by Crippen LogP contribution is -2.38. The van der Waals surface area contributed by atoms with Crippen LogP contribution in [0.25, 0.3) is 0 Å². The second kappa shape index (κ2) is 6.44. The monoisotopic (exact) mass is 294 g/mol. The van der Waals surface area contributed by atoms with Crippen molar-refractivity contribution in [3.8, 4) is 0 Å². The standard InChI is InChI=1S/C16H23ClN2O/c17-14-6-4-13(5-7-14)16(20)12-18-8-2-10-19-9-1-3-15(19)11-18/h4-7,15-16,20H,1-3,8-12H2/t15-,16-/m1/s1. The molecule has 110 valence electrons. The second-order valence-electron chi connectivity index (χ2n) is 6.01. The van der Waals surface area contributed by atoms with E-state index in [1.165, 1.54) is 32.4 Å². The van der Waals surface area contributed by atoms with E-state index < -0.39 is 6.10 Å². The predicted molar refractivity (Wildman–Crippen MR) is 82.1 cm³/mol. The summed E-state index contributed by atoms with van der Waals surface area (Å²) < 4.78 is 0. The van der Waals surface area contributed by atoms with E-state index in [1.807, 2.05) is 24.3 Å². The van der Waals surface area contributed by atoms with Crippen LogP contribution in [0.1, 0.15) is 30.9 Å². The van der Waals surface area contributed by atoms with Crippen molar-refractivity contribution in [1.29, 1.82) is 0 Å². The highest BCUT2D eigenvalue weighted by molar-refractivity contribution is 6.30. The molecule has 4 heteroatoms. The molecule has 0 aliphatic carbocycles. The molecule has 0 unspecified atom stereocenters. The van der Waals surface area contributed by atoms with Gasteiger partial charge in [-0.3, -0.25) is 9.80 Å². The molecule has 0 saturated carbocycles. The Hall–Kier alpha value is -0.610. The molecule has 0 spiro atoms. The van der Waals surface area contributed by atoms with Gasteiger partial charge in [0.25, 0.3) is 0 Å². The first-order valence-electron chi connectivity index (χ1n) is 7.62. The van der Waals surface area contributed by atoms with Gasteiger partial charge in [0.15, 0.2) is 0 Å². The fourth-order valence-electron chi connectivity index (χ4n) is 3.48. The first-order valence-corrected chi connectivity index (χ1v) is 8.00. The third kappa shape index (κ3) is 3.34. The van der Waals surface area contributed by atoms with Crippen LogP contribution in [-0.2, 0) is 0 Å². The smallest absolute Gasteiger partial charge is 0.0916 e. The average Bonchev–Trinajstić information content (AvgIpc) is 2.78. The fourth-order valence-corrected chi connectivity index (χ4v) is 3.61. The molecule has 2 aliphatic rings. The van der Waals surface area contributed by atoms with Gasteiger partial charge in [-0.15, -0.1) is 0 Å². The molecule has 3 rings (SSSR count). The van der Waals surface area contributed by atoms with Crippen LogP contribution < -0.4 is 0 Å². The number of β-amino-alcohol motifs (C(OH)–C–C–N with tert-alkyl or cyclic N) is 1. The molecule has 0 amide bonds. The van der Waals surface area contributed by atoms with Crippen molar-refractivity contribution in [3.05, 3.63) is 34.9 Å². The Morgan fingerprint density at radius 1 is 1.15 bits per heavy atom. The van der Waals surface area contributed by atoms with Crippen molar-refractivity contribution in [2.24, 2.45) is 0 Å². The molecular weight excluding hydrogens is 272 g/mol. The summed E-state index contributed by atoms with van der Waals surface area (Å²) in [6.45, 7) is 5.41. The van der Waals surface area contributed by atoms with E-state index in [0.29, 0.717) is 6.04 Å². The highest BCUT2D eigenvalue weighted by Gasteiger charge is 2.29. The largest absolute Gasteiger partial charge is 0.387 e. The maximum Gasteiger partial charge on any atom is 0.0916 e. The highest BCUT2D eigenvalue weighted by atomic mass is 35.5. The third-order valence-corrected chi connectivity index (χ3v) is 4.83. The van der Waals surface area contributed by atoms with E-state index in [9.17, 15) is 5.11 Å². The zero-order chi connectivity index (χ0) is 13.9. The molecule has 0 aromatic heterocycles. The van der Waals surface area contributed by atoms with Crippen LogP contribution in [0.4, 0.5) is 0 Å². The molecule has 3 nitrogen and oxygen atoms in total. The molecular formula is C16H23ClN2O. The fraction of sp³-hybridized carbons (Fsp3) is 0.625. The number of rotatable bonds is 3. The number of halogens is 1. The van der Waals surface area contributed by atoms with Gasteiger partial charge < -0.3 is 5.11 Å². The van der Waals surface area contributed by atoms with Crippen molar-refractivity contribution < 1.29 is 5.11 Å². The number of benzene rings is 1. The van der Waals surface area contributed by atoms with Gasteiger partial charge in [-0.1, -0.05) is 23.7 Å². The molecule has 1 aromatic rings. The minimum absolute atomic E-state index is 0.416. The van der Waals surface area contributed by atoms with E-state index in [-0.39, 0.29) is 0 Å². The van der Waals surface area contributed by atoms with Gasteiger partial charge in [0.05, 0.1) is 6.10 Å². The summed E-state index contributed by atoms with van der Waals surface area (Å²) in [6, 6.07) is 8.25. The zero-order valence-electron chi connectivity index (χ0n) is 11.8. The molecule has 20 heavy (non-hydrogen) atoms. The van der Waals surface area contributed by atoms with Crippen LogP contribution in [0.15, 0.2) is 24.3 Å². The quantitative estimate of drug-likeness (QED) is 0.928. The lowest BCUT2D eigenvalue weighted by atomic mass is 10.1. The number of hydrogen-bond acceptors (Lipinski definition) is 3. The van der Waals surface area contributed by atoms with Gasteiger partial charge in [0.2, 0.25) is 0 Å². The molecule has 1 aromatic carbocycles. The number of aliphatic hydroxyl groups excluding tert-OH is 1. The van der Waals surface area contributed by atoms with E-state index in [2.05, 4.69) is 9.80 Å². The molecule has 2 heterocycles. The Kier molecular flexibility index (Phi) is 4.61. The van der Waals surface area contributed by atoms with Gasteiger partial charge in [-0.2, -0.15) is 0 Å². The summed E-state index contributed by atoms with van der Waals surface area (Å²) in [5, 5.41) is 11.1. The summed E-state index contributed by atoms with van der Waals surface area (Å²) in [7, 11) is 0. The maximum atomic E-state index is 10.4.